The minimum atomic E-state index is -0.562. The number of nitrogens with zero attached hydrogens (tertiary/aromatic N) is 2. The van der Waals surface area contributed by atoms with Gasteiger partial charge in [-0.05, 0) is 37.6 Å². The Labute approximate surface area is 140 Å². The molecule has 0 radical (unpaired) electrons. The summed E-state index contributed by atoms with van der Waals surface area (Å²) in [5, 5.41) is 8.54. The Morgan fingerprint density at radius 1 is 1.21 bits per heavy atom. The summed E-state index contributed by atoms with van der Waals surface area (Å²) < 4.78 is 2.21. The van der Waals surface area contributed by atoms with Crippen LogP contribution in [0, 0.1) is 0 Å². The molecule has 5 nitrogen and oxygen atoms in total. The number of rotatable bonds is 4. The molecule has 3 aromatic rings. The Morgan fingerprint density at radius 3 is 2.62 bits per heavy atom. The minimum absolute atomic E-state index is 0.270. The highest BCUT2D eigenvalue weighted by Gasteiger charge is 2.14. The van der Waals surface area contributed by atoms with Crippen LogP contribution in [0.15, 0.2) is 54.6 Å². The lowest BCUT2D eigenvalue weighted by Crippen LogP contribution is -2.14. The summed E-state index contributed by atoms with van der Waals surface area (Å²) >= 11 is 0. The average molecular weight is 321 g/mol. The average Bonchev–Trinajstić information content (AvgIpc) is 2.99. The van der Waals surface area contributed by atoms with Crippen LogP contribution < -0.4 is 5.48 Å². The van der Waals surface area contributed by atoms with Crippen LogP contribution in [0.25, 0.3) is 28.5 Å². The Balaban J connectivity index is 2.11. The van der Waals surface area contributed by atoms with Gasteiger partial charge in [0.15, 0.2) is 0 Å². The molecule has 0 bridgehead atoms. The normalized spacial score (nSPS) is 11.5. The van der Waals surface area contributed by atoms with E-state index < -0.39 is 5.91 Å². The van der Waals surface area contributed by atoms with E-state index in [1.165, 1.54) is 6.08 Å². The first-order valence-electron chi connectivity index (χ1n) is 7.79. The molecule has 3 rings (SSSR count). The van der Waals surface area contributed by atoms with Gasteiger partial charge >= 0.3 is 0 Å². The number of fused-ring (bicyclic) bond motifs is 1. The number of benzene rings is 2. The zero-order valence-electron chi connectivity index (χ0n) is 13.6. The van der Waals surface area contributed by atoms with Gasteiger partial charge in [0.2, 0.25) is 0 Å². The maximum Gasteiger partial charge on any atom is 0.267 e. The zero-order chi connectivity index (χ0) is 17.1. The molecule has 0 unspecified atom stereocenters. The molecule has 1 aromatic heterocycles. The second-order valence-electron chi connectivity index (χ2n) is 5.82. The number of aromatic nitrogens is 2. The standard InChI is InChI=1S/C19H19N3O2/c1-13(2)22-17-10-8-14(9-11-18(23)21-24)12-16(17)20-19(22)15-6-4-3-5-7-15/h3-13,24H,1-2H3,(H,21,23)/b11-9+. The first kappa shape index (κ1) is 16.0. The molecule has 0 spiro atoms. The maximum atomic E-state index is 11.1. The van der Waals surface area contributed by atoms with Crippen molar-refractivity contribution in [1.29, 1.82) is 0 Å². The lowest BCUT2D eigenvalue weighted by Gasteiger charge is -2.13. The molecule has 2 N–H and O–H groups in total. The Morgan fingerprint density at radius 2 is 1.96 bits per heavy atom. The summed E-state index contributed by atoms with van der Waals surface area (Å²) in [5.74, 6) is 0.364. The number of carbonyl (C=O) groups excluding carboxylic acids is 1. The Kier molecular flexibility index (Phi) is 4.44. The smallest absolute Gasteiger partial charge is 0.267 e. The van der Waals surface area contributed by atoms with Crippen LogP contribution in [0.4, 0.5) is 0 Å². The fourth-order valence-electron chi connectivity index (χ4n) is 2.74. The number of imidazole rings is 1. The van der Waals surface area contributed by atoms with Gasteiger partial charge in [-0.15, -0.1) is 0 Å². The molecule has 0 saturated carbocycles. The monoisotopic (exact) mass is 321 g/mol. The van der Waals surface area contributed by atoms with Crippen LogP contribution in [-0.4, -0.2) is 20.7 Å². The molecule has 0 saturated heterocycles. The molecule has 2 aromatic carbocycles. The second-order valence-corrected chi connectivity index (χ2v) is 5.82. The molecular formula is C19H19N3O2. The lowest BCUT2D eigenvalue weighted by atomic mass is 10.1. The summed E-state index contributed by atoms with van der Waals surface area (Å²) in [5.41, 5.74) is 5.41. The molecule has 0 aliphatic carbocycles. The number of hydrogen-bond donors (Lipinski definition) is 2. The molecule has 5 heteroatoms. The van der Waals surface area contributed by atoms with Crippen molar-refractivity contribution in [2.75, 3.05) is 0 Å². The van der Waals surface area contributed by atoms with Crippen LogP contribution in [0.3, 0.4) is 0 Å². The molecule has 0 atom stereocenters. The first-order valence-corrected chi connectivity index (χ1v) is 7.79. The van der Waals surface area contributed by atoms with E-state index in [1.54, 1.807) is 11.6 Å². The van der Waals surface area contributed by atoms with Crippen molar-refractivity contribution < 1.29 is 10.0 Å². The van der Waals surface area contributed by atoms with Gasteiger partial charge in [0, 0.05) is 17.7 Å². The predicted molar refractivity (Wildman–Crippen MR) is 94.5 cm³/mol. The molecule has 1 amide bonds. The fourth-order valence-corrected chi connectivity index (χ4v) is 2.74. The van der Waals surface area contributed by atoms with Crippen LogP contribution >= 0.6 is 0 Å². The number of hydrogen-bond acceptors (Lipinski definition) is 3. The Bertz CT molecular complexity index is 896. The molecule has 0 aliphatic rings. The topological polar surface area (TPSA) is 67.2 Å². The number of nitrogens with one attached hydrogen (secondary N) is 1. The Hall–Kier alpha value is -2.92. The molecular weight excluding hydrogens is 302 g/mol. The summed E-state index contributed by atoms with van der Waals surface area (Å²) in [6.07, 6.45) is 2.92. The van der Waals surface area contributed by atoms with Crippen LogP contribution in [0.1, 0.15) is 25.5 Å². The zero-order valence-corrected chi connectivity index (χ0v) is 13.6. The van der Waals surface area contributed by atoms with E-state index in [0.717, 1.165) is 28.0 Å². The molecule has 0 fully saturated rings. The third kappa shape index (κ3) is 3.07. The van der Waals surface area contributed by atoms with Gasteiger partial charge in [0.1, 0.15) is 5.82 Å². The van der Waals surface area contributed by atoms with Crippen LogP contribution in [-0.2, 0) is 4.79 Å². The highest BCUT2D eigenvalue weighted by atomic mass is 16.5. The van der Waals surface area contributed by atoms with Gasteiger partial charge < -0.3 is 4.57 Å². The van der Waals surface area contributed by atoms with Crippen LogP contribution in [0.2, 0.25) is 0 Å². The van der Waals surface area contributed by atoms with E-state index in [4.69, 9.17) is 10.2 Å². The van der Waals surface area contributed by atoms with Crippen LogP contribution in [0.5, 0.6) is 0 Å². The van der Waals surface area contributed by atoms with Gasteiger partial charge in [-0.2, -0.15) is 0 Å². The van der Waals surface area contributed by atoms with Gasteiger partial charge in [-0.3, -0.25) is 10.0 Å². The minimum Gasteiger partial charge on any atom is -0.321 e. The van der Waals surface area contributed by atoms with Crippen molar-refractivity contribution >= 4 is 23.0 Å². The summed E-state index contributed by atoms with van der Waals surface area (Å²) in [4.78, 5) is 15.9. The van der Waals surface area contributed by atoms with E-state index >= 15 is 0 Å². The van der Waals surface area contributed by atoms with Crippen molar-refractivity contribution in [1.82, 2.24) is 15.0 Å². The lowest BCUT2D eigenvalue weighted by molar-refractivity contribution is -0.124. The third-order valence-electron chi connectivity index (χ3n) is 3.80. The highest BCUT2D eigenvalue weighted by molar-refractivity contribution is 5.91. The first-order chi connectivity index (χ1) is 11.6. The van der Waals surface area contributed by atoms with E-state index in [0.29, 0.717) is 0 Å². The van der Waals surface area contributed by atoms with Crippen molar-refractivity contribution in [2.45, 2.75) is 19.9 Å². The summed E-state index contributed by atoms with van der Waals surface area (Å²) in [7, 11) is 0. The SMILES string of the molecule is CC(C)n1c(-c2ccccc2)nc2cc(/C=C/C(=O)NO)ccc21. The van der Waals surface area contributed by atoms with Crippen molar-refractivity contribution in [2.24, 2.45) is 0 Å². The van der Waals surface area contributed by atoms with Crippen molar-refractivity contribution in [3.05, 3.63) is 60.2 Å². The van der Waals surface area contributed by atoms with Crippen molar-refractivity contribution in [3.63, 3.8) is 0 Å². The highest BCUT2D eigenvalue weighted by Crippen LogP contribution is 2.29. The molecule has 1 heterocycles. The molecule has 0 aliphatic heterocycles. The third-order valence-corrected chi connectivity index (χ3v) is 3.80. The van der Waals surface area contributed by atoms with Gasteiger partial charge in [0.05, 0.1) is 11.0 Å². The number of hydroxylamine groups is 1. The van der Waals surface area contributed by atoms with E-state index in [1.807, 2.05) is 48.5 Å². The summed E-state index contributed by atoms with van der Waals surface area (Å²) in [6, 6.07) is 16.2. The predicted octanol–water partition coefficient (Wildman–Crippen LogP) is 3.80. The van der Waals surface area contributed by atoms with Gasteiger partial charge in [-0.25, -0.2) is 10.5 Å². The van der Waals surface area contributed by atoms with E-state index in [2.05, 4.69) is 18.4 Å². The van der Waals surface area contributed by atoms with Gasteiger partial charge in [0.25, 0.3) is 5.91 Å². The largest absolute Gasteiger partial charge is 0.321 e. The quantitative estimate of drug-likeness (QED) is 0.436. The number of amides is 1. The van der Waals surface area contributed by atoms with E-state index in [9.17, 15) is 4.79 Å². The molecule has 24 heavy (non-hydrogen) atoms. The van der Waals surface area contributed by atoms with Gasteiger partial charge in [-0.1, -0.05) is 36.4 Å². The summed E-state index contributed by atoms with van der Waals surface area (Å²) in [6.45, 7) is 4.26. The van der Waals surface area contributed by atoms with Crippen molar-refractivity contribution in [3.8, 4) is 11.4 Å². The maximum absolute atomic E-state index is 11.1. The fraction of sp³-hybridized carbons (Fsp3) is 0.158. The second kappa shape index (κ2) is 6.68. The molecule has 122 valence electrons. The van der Waals surface area contributed by atoms with E-state index in [-0.39, 0.29) is 6.04 Å². The number of carbonyl (C=O) groups is 1.